The molecule has 0 aliphatic carbocycles. The van der Waals surface area contributed by atoms with Crippen molar-refractivity contribution in [1.29, 1.82) is 0 Å². The molecule has 1 aromatic rings. The van der Waals surface area contributed by atoms with E-state index in [1.807, 2.05) is 0 Å². The molecule has 0 unspecified atom stereocenters. The molecule has 0 radical (unpaired) electrons. The number of nitrogens with one attached hydrogen (secondary N) is 1. The summed E-state index contributed by atoms with van der Waals surface area (Å²) in [5.74, 6) is -5.98. The molecule has 0 aliphatic heterocycles. The SMILES string of the molecule is O=C(O)c1cc(S(=O)(=O)NCC(F)(F)C(F)F)ccc1Br. The van der Waals surface area contributed by atoms with Crippen LogP contribution in [-0.4, -0.2) is 38.4 Å². The van der Waals surface area contributed by atoms with E-state index in [9.17, 15) is 30.8 Å². The number of carbonyl (C=O) groups is 1. The number of sulfonamides is 1. The standard InChI is InChI=1S/C10H8BrF4NO4S/c11-7-2-1-5(3-6(7)8(17)18)21(19,20)16-4-10(14,15)9(12)13/h1-3,9,16H,4H2,(H,17,18). The van der Waals surface area contributed by atoms with E-state index in [4.69, 9.17) is 5.11 Å². The monoisotopic (exact) mass is 393 g/mol. The van der Waals surface area contributed by atoms with Gasteiger partial charge in [0, 0.05) is 4.47 Å². The summed E-state index contributed by atoms with van der Waals surface area (Å²) in [6.07, 6.45) is -4.03. The molecule has 118 valence electrons. The second-order valence-corrected chi connectivity index (χ2v) is 6.45. The maximum absolute atomic E-state index is 12.7. The van der Waals surface area contributed by atoms with Gasteiger partial charge in [-0.3, -0.25) is 0 Å². The Bertz CT molecular complexity index is 650. The van der Waals surface area contributed by atoms with Gasteiger partial charge in [0.15, 0.2) is 0 Å². The molecule has 0 spiro atoms. The lowest BCUT2D eigenvalue weighted by atomic mass is 10.2. The molecule has 0 fully saturated rings. The molecule has 0 aliphatic rings. The summed E-state index contributed by atoms with van der Waals surface area (Å²) in [7, 11) is -4.55. The van der Waals surface area contributed by atoms with Crippen LogP contribution in [0.1, 0.15) is 10.4 Å². The minimum atomic E-state index is -4.55. The second-order valence-electron chi connectivity index (χ2n) is 3.83. The molecule has 1 aromatic carbocycles. The summed E-state index contributed by atoms with van der Waals surface area (Å²) in [6, 6.07) is 2.75. The van der Waals surface area contributed by atoms with Crippen molar-refractivity contribution in [2.75, 3.05) is 6.54 Å². The fraction of sp³-hybridized carbons (Fsp3) is 0.300. The highest BCUT2D eigenvalue weighted by Crippen LogP contribution is 2.24. The largest absolute Gasteiger partial charge is 0.478 e. The maximum atomic E-state index is 12.7. The average Bonchev–Trinajstić information content (AvgIpc) is 2.36. The number of carboxylic acids is 1. The van der Waals surface area contributed by atoms with Gasteiger partial charge in [0.05, 0.1) is 17.0 Å². The average molecular weight is 394 g/mol. The van der Waals surface area contributed by atoms with Crippen LogP contribution < -0.4 is 4.72 Å². The number of carboxylic acid groups (broad SMARTS) is 1. The van der Waals surface area contributed by atoms with Gasteiger partial charge >= 0.3 is 18.3 Å². The quantitative estimate of drug-likeness (QED) is 0.726. The zero-order valence-corrected chi connectivity index (χ0v) is 12.4. The van der Waals surface area contributed by atoms with Crippen molar-refractivity contribution in [3.63, 3.8) is 0 Å². The first-order valence-electron chi connectivity index (χ1n) is 5.16. The summed E-state index contributed by atoms with van der Waals surface area (Å²) in [4.78, 5) is 10.2. The lowest BCUT2D eigenvalue weighted by molar-refractivity contribution is -0.122. The van der Waals surface area contributed by atoms with Gasteiger partial charge in [0.25, 0.3) is 0 Å². The van der Waals surface area contributed by atoms with Crippen LogP contribution in [0.25, 0.3) is 0 Å². The molecule has 0 saturated carbocycles. The van der Waals surface area contributed by atoms with Gasteiger partial charge in [-0.25, -0.2) is 26.7 Å². The first kappa shape index (κ1) is 17.9. The van der Waals surface area contributed by atoms with Gasteiger partial charge in [0.2, 0.25) is 10.0 Å². The minimum absolute atomic E-state index is 0.0758. The van der Waals surface area contributed by atoms with Crippen molar-refractivity contribution in [1.82, 2.24) is 4.72 Å². The van der Waals surface area contributed by atoms with E-state index in [0.717, 1.165) is 18.2 Å². The Labute approximate surface area is 125 Å². The first-order valence-corrected chi connectivity index (χ1v) is 7.43. The number of benzene rings is 1. The summed E-state index contributed by atoms with van der Waals surface area (Å²) >= 11 is 2.87. The number of aromatic carboxylic acids is 1. The van der Waals surface area contributed by atoms with Crippen molar-refractivity contribution < 1.29 is 35.9 Å². The smallest absolute Gasteiger partial charge is 0.336 e. The predicted molar refractivity (Wildman–Crippen MR) is 67.2 cm³/mol. The van der Waals surface area contributed by atoms with Crippen LogP contribution in [0.2, 0.25) is 0 Å². The summed E-state index contributed by atoms with van der Waals surface area (Å²) in [6.45, 7) is -1.80. The number of halogens is 5. The van der Waals surface area contributed by atoms with Crippen LogP contribution >= 0.6 is 15.9 Å². The Hall–Kier alpha value is -1.20. The van der Waals surface area contributed by atoms with Gasteiger partial charge < -0.3 is 5.11 Å². The Morgan fingerprint density at radius 2 is 1.95 bits per heavy atom. The highest BCUT2D eigenvalue weighted by molar-refractivity contribution is 9.10. The van der Waals surface area contributed by atoms with Crippen LogP contribution in [0.4, 0.5) is 17.6 Å². The van der Waals surface area contributed by atoms with Crippen molar-refractivity contribution in [3.8, 4) is 0 Å². The molecule has 1 rings (SSSR count). The molecule has 21 heavy (non-hydrogen) atoms. The lowest BCUT2D eigenvalue weighted by Gasteiger charge is -2.16. The van der Waals surface area contributed by atoms with Crippen LogP contribution in [0.15, 0.2) is 27.6 Å². The number of hydrogen-bond acceptors (Lipinski definition) is 3. The normalized spacial score (nSPS) is 12.7. The van der Waals surface area contributed by atoms with Gasteiger partial charge in [0.1, 0.15) is 0 Å². The third kappa shape index (κ3) is 4.38. The summed E-state index contributed by atoms with van der Waals surface area (Å²) in [5, 5.41) is 8.82. The van der Waals surface area contributed by atoms with E-state index in [0.29, 0.717) is 0 Å². The molecule has 0 bridgehead atoms. The second kappa shape index (κ2) is 6.28. The molecule has 0 atom stereocenters. The molecule has 0 amide bonds. The predicted octanol–water partition coefficient (Wildman–Crippen LogP) is 2.33. The molecule has 2 N–H and O–H groups in total. The Morgan fingerprint density at radius 3 is 2.43 bits per heavy atom. The van der Waals surface area contributed by atoms with Crippen molar-refractivity contribution >= 4 is 31.9 Å². The molecule has 0 aromatic heterocycles. The van der Waals surface area contributed by atoms with E-state index < -0.39 is 45.3 Å². The zero-order valence-electron chi connectivity index (χ0n) is 9.99. The van der Waals surface area contributed by atoms with Crippen LogP contribution in [0.3, 0.4) is 0 Å². The van der Waals surface area contributed by atoms with Crippen molar-refractivity contribution in [2.45, 2.75) is 17.2 Å². The van der Waals surface area contributed by atoms with Gasteiger partial charge in [-0.1, -0.05) is 0 Å². The number of alkyl halides is 4. The highest BCUT2D eigenvalue weighted by Gasteiger charge is 2.41. The Morgan fingerprint density at radius 1 is 1.38 bits per heavy atom. The lowest BCUT2D eigenvalue weighted by Crippen LogP contribution is -2.41. The van der Waals surface area contributed by atoms with Crippen LogP contribution in [0, 0.1) is 0 Å². The van der Waals surface area contributed by atoms with Gasteiger partial charge in [-0.2, -0.15) is 8.78 Å². The van der Waals surface area contributed by atoms with Gasteiger partial charge in [-0.15, -0.1) is 0 Å². The van der Waals surface area contributed by atoms with Crippen LogP contribution in [-0.2, 0) is 10.0 Å². The maximum Gasteiger partial charge on any atom is 0.336 e. The molecule has 0 heterocycles. The van der Waals surface area contributed by atoms with Crippen LogP contribution in [0.5, 0.6) is 0 Å². The van der Waals surface area contributed by atoms with E-state index >= 15 is 0 Å². The minimum Gasteiger partial charge on any atom is -0.478 e. The van der Waals surface area contributed by atoms with Gasteiger partial charge in [-0.05, 0) is 34.1 Å². The first-order chi connectivity index (χ1) is 9.47. The van der Waals surface area contributed by atoms with Crippen molar-refractivity contribution in [3.05, 3.63) is 28.2 Å². The summed E-state index contributed by atoms with van der Waals surface area (Å²) in [5.41, 5.74) is -0.418. The molecule has 11 heteroatoms. The van der Waals surface area contributed by atoms with E-state index in [2.05, 4.69) is 15.9 Å². The molecular weight excluding hydrogens is 386 g/mol. The van der Waals surface area contributed by atoms with Crippen molar-refractivity contribution in [2.24, 2.45) is 0 Å². The fourth-order valence-electron chi connectivity index (χ4n) is 1.19. The number of hydrogen-bond donors (Lipinski definition) is 2. The Kier molecular flexibility index (Phi) is 5.34. The zero-order chi connectivity index (χ0) is 16.4. The van der Waals surface area contributed by atoms with E-state index in [1.54, 1.807) is 0 Å². The molecule has 5 nitrogen and oxygen atoms in total. The van der Waals surface area contributed by atoms with E-state index in [-0.39, 0.29) is 4.47 Å². The number of rotatable bonds is 6. The summed E-state index contributed by atoms with van der Waals surface area (Å²) < 4.78 is 74.0. The third-order valence-electron chi connectivity index (χ3n) is 2.30. The van der Waals surface area contributed by atoms with E-state index in [1.165, 1.54) is 4.72 Å². The fourth-order valence-corrected chi connectivity index (χ4v) is 2.67. The third-order valence-corrected chi connectivity index (χ3v) is 4.39. The highest BCUT2D eigenvalue weighted by atomic mass is 79.9. The topological polar surface area (TPSA) is 83.5 Å². The molecular formula is C10H8BrF4NO4S. The Balaban J connectivity index is 3.04. The molecule has 0 saturated heterocycles.